The molecule has 5 nitrogen and oxygen atoms in total. The Morgan fingerprint density at radius 2 is 1.94 bits per heavy atom. The van der Waals surface area contributed by atoms with Crippen molar-refractivity contribution >= 4 is 11.8 Å². The highest BCUT2D eigenvalue weighted by molar-refractivity contribution is 5.87. The fourth-order valence-electron chi connectivity index (χ4n) is 2.45. The third kappa shape index (κ3) is 3.43. The zero-order chi connectivity index (χ0) is 12.1. The summed E-state index contributed by atoms with van der Waals surface area (Å²) < 4.78 is 0. The first-order chi connectivity index (χ1) is 8.27. The molecule has 0 saturated carbocycles. The Labute approximate surface area is 102 Å². The van der Waals surface area contributed by atoms with Crippen LogP contribution in [0, 0.1) is 0 Å². The highest BCUT2D eigenvalue weighted by Crippen LogP contribution is 2.08. The standard InChI is InChI=1S/C12H21N3O2/c16-11(15-7-2-1-3-8-15)9-14-12(17)10-5-4-6-13-10/h10,13H,1-9H2,(H,14,17). The monoisotopic (exact) mass is 239 g/mol. The molecule has 17 heavy (non-hydrogen) atoms. The van der Waals surface area contributed by atoms with E-state index in [0.29, 0.717) is 0 Å². The largest absolute Gasteiger partial charge is 0.346 e. The third-order valence-electron chi connectivity index (χ3n) is 3.50. The summed E-state index contributed by atoms with van der Waals surface area (Å²) in [6, 6.07) is -0.0934. The van der Waals surface area contributed by atoms with Gasteiger partial charge in [-0.05, 0) is 38.6 Å². The quantitative estimate of drug-likeness (QED) is 0.721. The maximum absolute atomic E-state index is 11.8. The van der Waals surface area contributed by atoms with Crippen LogP contribution in [0.15, 0.2) is 0 Å². The van der Waals surface area contributed by atoms with Crippen LogP contribution < -0.4 is 10.6 Å². The molecule has 2 heterocycles. The number of carbonyl (C=O) groups excluding carboxylic acids is 2. The van der Waals surface area contributed by atoms with Crippen LogP contribution in [-0.4, -0.2) is 48.9 Å². The number of carbonyl (C=O) groups is 2. The molecule has 2 rings (SSSR count). The summed E-state index contributed by atoms with van der Waals surface area (Å²) in [5.74, 6) is 0.0175. The van der Waals surface area contributed by atoms with Crippen molar-refractivity contribution in [1.29, 1.82) is 0 Å². The Bertz CT molecular complexity index is 281. The number of rotatable bonds is 3. The van der Waals surface area contributed by atoms with E-state index < -0.39 is 0 Å². The van der Waals surface area contributed by atoms with E-state index in [4.69, 9.17) is 0 Å². The average Bonchev–Trinajstić information content (AvgIpc) is 2.90. The number of likely N-dealkylation sites (tertiary alicyclic amines) is 1. The van der Waals surface area contributed by atoms with Crippen LogP contribution in [0.3, 0.4) is 0 Å². The molecule has 2 aliphatic rings. The van der Waals surface area contributed by atoms with Crippen LogP contribution in [-0.2, 0) is 9.59 Å². The van der Waals surface area contributed by atoms with E-state index in [9.17, 15) is 9.59 Å². The van der Waals surface area contributed by atoms with Crippen molar-refractivity contribution in [3.63, 3.8) is 0 Å². The predicted molar refractivity (Wildman–Crippen MR) is 64.5 cm³/mol. The Balaban J connectivity index is 1.69. The van der Waals surface area contributed by atoms with E-state index in [2.05, 4.69) is 10.6 Å². The topological polar surface area (TPSA) is 61.4 Å². The van der Waals surface area contributed by atoms with Gasteiger partial charge in [-0.15, -0.1) is 0 Å². The SMILES string of the molecule is O=C(NCC(=O)N1CCCCC1)C1CCCN1. The summed E-state index contributed by atoms with van der Waals surface area (Å²) in [6.07, 6.45) is 5.30. The van der Waals surface area contributed by atoms with Crippen molar-refractivity contribution in [2.75, 3.05) is 26.2 Å². The lowest BCUT2D eigenvalue weighted by Crippen LogP contribution is -2.46. The lowest BCUT2D eigenvalue weighted by Gasteiger charge is -2.26. The van der Waals surface area contributed by atoms with Crippen LogP contribution in [0.2, 0.25) is 0 Å². The number of amides is 2. The van der Waals surface area contributed by atoms with E-state index >= 15 is 0 Å². The molecule has 0 spiro atoms. The molecule has 2 N–H and O–H groups in total. The smallest absolute Gasteiger partial charge is 0.241 e. The maximum atomic E-state index is 11.8. The molecule has 5 heteroatoms. The van der Waals surface area contributed by atoms with Crippen molar-refractivity contribution < 1.29 is 9.59 Å². The van der Waals surface area contributed by atoms with Gasteiger partial charge < -0.3 is 15.5 Å². The molecule has 2 amide bonds. The number of nitrogens with zero attached hydrogens (tertiary/aromatic N) is 1. The summed E-state index contributed by atoms with van der Waals surface area (Å²) in [5.41, 5.74) is 0. The van der Waals surface area contributed by atoms with Crippen molar-refractivity contribution in [1.82, 2.24) is 15.5 Å². The average molecular weight is 239 g/mol. The van der Waals surface area contributed by atoms with Gasteiger partial charge in [0, 0.05) is 13.1 Å². The second kappa shape index (κ2) is 6.00. The van der Waals surface area contributed by atoms with Crippen LogP contribution in [0.1, 0.15) is 32.1 Å². The molecule has 0 bridgehead atoms. The van der Waals surface area contributed by atoms with Crippen molar-refractivity contribution in [3.8, 4) is 0 Å². The molecule has 1 atom stereocenters. The Kier molecular flexibility index (Phi) is 4.36. The summed E-state index contributed by atoms with van der Waals surface area (Å²) in [5, 5.41) is 5.85. The van der Waals surface area contributed by atoms with Crippen molar-refractivity contribution in [2.24, 2.45) is 0 Å². The zero-order valence-electron chi connectivity index (χ0n) is 10.2. The van der Waals surface area contributed by atoms with Gasteiger partial charge in [-0.3, -0.25) is 9.59 Å². The second-order valence-electron chi connectivity index (χ2n) is 4.81. The Morgan fingerprint density at radius 1 is 1.18 bits per heavy atom. The third-order valence-corrected chi connectivity index (χ3v) is 3.50. The highest BCUT2D eigenvalue weighted by atomic mass is 16.2. The molecular weight excluding hydrogens is 218 g/mol. The highest BCUT2D eigenvalue weighted by Gasteiger charge is 2.23. The Morgan fingerprint density at radius 3 is 2.59 bits per heavy atom. The number of nitrogens with one attached hydrogen (secondary N) is 2. The van der Waals surface area contributed by atoms with Crippen molar-refractivity contribution in [3.05, 3.63) is 0 Å². The molecule has 2 aliphatic heterocycles. The van der Waals surface area contributed by atoms with Gasteiger partial charge in [-0.1, -0.05) is 0 Å². The number of piperidine rings is 1. The van der Waals surface area contributed by atoms with Gasteiger partial charge in [0.05, 0.1) is 12.6 Å². The minimum atomic E-state index is -0.0934. The first-order valence-corrected chi connectivity index (χ1v) is 6.56. The van der Waals surface area contributed by atoms with Crippen LogP contribution in [0.4, 0.5) is 0 Å². The molecule has 0 aliphatic carbocycles. The molecule has 1 unspecified atom stereocenters. The summed E-state index contributed by atoms with van der Waals surface area (Å²) in [4.78, 5) is 25.3. The first-order valence-electron chi connectivity index (χ1n) is 6.56. The minimum absolute atomic E-state index is 0.0344. The second-order valence-corrected chi connectivity index (χ2v) is 4.81. The maximum Gasteiger partial charge on any atom is 0.241 e. The van der Waals surface area contributed by atoms with Gasteiger partial charge in [0.25, 0.3) is 0 Å². The lowest BCUT2D eigenvalue weighted by atomic mass is 10.1. The number of hydrogen-bond acceptors (Lipinski definition) is 3. The van der Waals surface area contributed by atoms with E-state index in [1.165, 1.54) is 6.42 Å². The van der Waals surface area contributed by atoms with E-state index in [1.807, 2.05) is 4.90 Å². The van der Waals surface area contributed by atoms with E-state index in [1.54, 1.807) is 0 Å². The first kappa shape index (κ1) is 12.4. The lowest BCUT2D eigenvalue weighted by molar-refractivity contribution is -0.133. The molecule has 2 saturated heterocycles. The van der Waals surface area contributed by atoms with E-state index in [0.717, 1.165) is 45.3 Å². The summed E-state index contributed by atoms with van der Waals surface area (Å²) in [7, 11) is 0. The summed E-state index contributed by atoms with van der Waals surface area (Å²) in [6.45, 7) is 2.74. The van der Waals surface area contributed by atoms with E-state index in [-0.39, 0.29) is 24.4 Å². The van der Waals surface area contributed by atoms with Crippen LogP contribution >= 0.6 is 0 Å². The van der Waals surface area contributed by atoms with Gasteiger partial charge in [0.2, 0.25) is 11.8 Å². The molecule has 0 aromatic heterocycles. The zero-order valence-corrected chi connectivity index (χ0v) is 10.2. The predicted octanol–water partition coefficient (Wildman–Crippen LogP) is -0.133. The molecule has 2 fully saturated rings. The number of hydrogen-bond donors (Lipinski definition) is 2. The van der Waals surface area contributed by atoms with Gasteiger partial charge >= 0.3 is 0 Å². The fraction of sp³-hybridized carbons (Fsp3) is 0.833. The molecule has 96 valence electrons. The molecule has 0 radical (unpaired) electrons. The van der Waals surface area contributed by atoms with Crippen LogP contribution in [0.5, 0.6) is 0 Å². The normalized spacial score (nSPS) is 24.7. The molecular formula is C12H21N3O2. The Hall–Kier alpha value is -1.10. The van der Waals surface area contributed by atoms with Gasteiger partial charge in [-0.2, -0.15) is 0 Å². The van der Waals surface area contributed by atoms with Gasteiger partial charge in [0.15, 0.2) is 0 Å². The van der Waals surface area contributed by atoms with Crippen molar-refractivity contribution in [2.45, 2.75) is 38.1 Å². The molecule has 0 aromatic carbocycles. The van der Waals surface area contributed by atoms with Crippen LogP contribution in [0.25, 0.3) is 0 Å². The fourth-order valence-corrected chi connectivity index (χ4v) is 2.45. The van der Waals surface area contributed by atoms with Gasteiger partial charge in [-0.25, -0.2) is 0 Å². The minimum Gasteiger partial charge on any atom is -0.346 e. The van der Waals surface area contributed by atoms with Gasteiger partial charge in [0.1, 0.15) is 0 Å². The summed E-state index contributed by atoms with van der Waals surface area (Å²) >= 11 is 0. The molecule has 0 aromatic rings.